The lowest BCUT2D eigenvalue weighted by atomic mass is 10.1. The second-order valence-corrected chi connectivity index (χ2v) is 5.91. The number of carbonyl (C=O) groups is 2. The van der Waals surface area contributed by atoms with Crippen molar-refractivity contribution in [1.29, 1.82) is 0 Å². The van der Waals surface area contributed by atoms with E-state index in [-0.39, 0.29) is 24.0 Å². The summed E-state index contributed by atoms with van der Waals surface area (Å²) in [7, 11) is -2.93. The summed E-state index contributed by atoms with van der Waals surface area (Å²) in [5, 5.41) is 10.7. The number of hydrogen-bond donors (Lipinski definition) is 2. The molecule has 2 N–H and O–H groups in total. The van der Waals surface area contributed by atoms with Gasteiger partial charge in [-0.05, 0) is 12.3 Å². The number of rotatable bonds is 4. The molecule has 90 valence electrons. The summed E-state index contributed by atoms with van der Waals surface area (Å²) >= 11 is 0. The summed E-state index contributed by atoms with van der Waals surface area (Å²) in [6.07, 6.45) is 2.19. The quantitative estimate of drug-likeness (QED) is 0.632. The molecule has 1 saturated heterocycles. The summed E-state index contributed by atoms with van der Waals surface area (Å²) < 4.78 is 22.2. The molecule has 1 heterocycles. The highest BCUT2D eigenvalue weighted by atomic mass is 32.2. The molecular weight excluding hydrogens is 234 g/mol. The molecule has 1 amide bonds. The summed E-state index contributed by atoms with van der Waals surface area (Å²) in [4.78, 5) is 21.2. The predicted molar refractivity (Wildman–Crippen MR) is 56.5 cm³/mol. The predicted octanol–water partition coefficient (Wildman–Crippen LogP) is -0.822. The highest BCUT2D eigenvalue weighted by Crippen LogP contribution is 2.17. The van der Waals surface area contributed by atoms with Crippen LogP contribution < -0.4 is 5.32 Å². The number of aliphatic carboxylic acids is 1. The van der Waals surface area contributed by atoms with Crippen molar-refractivity contribution in [2.24, 2.45) is 5.92 Å². The fourth-order valence-electron chi connectivity index (χ4n) is 1.48. The van der Waals surface area contributed by atoms with E-state index >= 15 is 0 Å². The van der Waals surface area contributed by atoms with Gasteiger partial charge in [0.2, 0.25) is 5.91 Å². The van der Waals surface area contributed by atoms with E-state index < -0.39 is 21.7 Å². The van der Waals surface area contributed by atoms with Crippen LogP contribution in [0.5, 0.6) is 0 Å². The van der Waals surface area contributed by atoms with Crippen LogP contribution in [0, 0.1) is 5.92 Å². The molecule has 0 aliphatic carbocycles. The Hall–Kier alpha value is -1.37. The summed E-state index contributed by atoms with van der Waals surface area (Å²) in [5.41, 5.74) is 0. The van der Waals surface area contributed by atoms with Gasteiger partial charge in [0.05, 0.1) is 11.5 Å². The van der Waals surface area contributed by atoms with Gasteiger partial charge < -0.3 is 10.4 Å². The normalized spacial score (nSPS) is 23.4. The lowest BCUT2D eigenvalue weighted by Crippen LogP contribution is -2.28. The van der Waals surface area contributed by atoms with Gasteiger partial charge in [-0.2, -0.15) is 0 Å². The van der Waals surface area contributed by atoms with Crippen LogP contribution in [0.1, 0.15) is 6.42 Å². The summed E-state index contributed by atoms with van der Waals surface area (Å²) in [6.45, 7) is 0.266. The first-order chi connectivity index (χ1) is 7.39. The molecule has 1 fully saturated rings. The average molecular weight is 247 g/mol. The molecule has 6 nitrogen and oxygen atoms in total. The third kappa shape index (κ3) is 4.43. The molecular formula is C9H13NO5S. The summed E-state index contributed by atoms with van der Waals surface area (Å²) in [5.74, 6) is -1.52. The number of carboxylic acids is 1. The highest BCUT2D eigenvalue weighted by Gasteiger charge is 2.27. The van der Waals surface area contributed by atoms with Gasteiger partial charge >= 0.3 is 5.97 Å². The van der Waals surface area contributed by atoms with Gasteiger partial charge in [0.25, 0.3) is 0 Å². The van der Waals surface area contributed by atoms with Crippen molar-refractivity contribution in [2.45, 2.75) is 6.42 Å². The molecule has 0 aromatic heterocycles. The van der Waals surface area contributed by atoms with E-state index in [1.807, 2.05) is 0 Å². The van der Waals surface area contributed by atoms with Gasteiger partial charge in [-0.15, -0.1) is 0 Å². The molecule has 0 spiro atoms. The lowest BCUT2D eigenvalue weighted by Gasteiger charge is -2.07. The van der Waals surface area contributed by atoms with Gasteiger partial charge in [-0.25, -0.2) is 13.2 Å². The first-order valence-electron chi connectivity index (χ1n) is 4.78. The van der Waals surface area contributed by atoms with Crippen LogP contribution in [0.2, 0.25) is 0 Å². The molecule has 1 aliphatic rings. The van der Waals surface area contributed by atoms with Crippen molar-refractivity contribution < 1.29 is 23.1 Å². The van der Waals surface area contributed by atoms with Crippen LogP contribution >= 0.6 is 0 Å². The van der Waals surface area contributed by atoms with Gasteiger partial charge in [-0.3, -0.25) is 4.79 Å². The molecule has 1 atom stereocenters. The van der Waals surface area contributed by atoms with E-state index in [2.05, 4.69) is 5.32 Å². The standard InChI is InChI=1S/C9H13NO5S/c11-8(1-2-9(12)13)10-5-7-3-4-16(14,15)6-7/h1-2,7H,3-6H2,(H,10,11)(H,12,13)/b2-1+. The second-order valence-electron chi connectivity index (χ2n) is 3.69. The fraction of sp³-hybridized carbons (Fsp3) is 0.556. The molecule has 0 aromatic carbocycles. The number of amides is 1. The number of sulfone groups is 1. The molecule has 0 aromatic rings. The van der Waals surface area contributed by atoms with E-state index in [1.54, 1.807) is 0 Å². The van der Waals surface area contributed by atoms with E-state index in [0.29, 0.717) is 6.42 Å². The van der Waals surface area contributed by atoms with Gasteiger partial charge in [0.15, 0.2) is 9.84 Å². The molecule has 1 aliphatic heterocycles. The van der Waals surface area contributed by atoms with E-state index in [0.717, 1.165) is 12.2 Å². The van der Waals surface area contributed by atoms with Crippen molar-refractivity contribution in [1.82, 2.24) is 5.32 Å². The topological polar surface area (TPSA) is 101 Å². The van der Waals surface area contributed by atoms with Gasteiger partial charge in [0.1, 0.15) is 0 Å². The lowest BCUT2D eigenvalue weighted by molar-refractivity contribution is -0.131. The van der Waals surface area contributed by atoms with Crippen LogP contribution in [0.25, 0.3) is 0 Å². The highest BCUT2D eigenvalue weighted by molar-refractivity contribution is 7.91. The number of carbonyl (C=O) groups excluding carboxylic acids is 1. The Labute approximate surface area is 93.3 Å². The van der Waals surface area contributed by atoms with Crippen molar-refractivity contribution >= 4 is 21.7 Å². The minimum Gasteiger partial charge on any atom is -0.478 e. The molecule has 0 radical (unpaired) electrons. The smallest absolute Gasteiger partial charge is 0.328 e. The maximum Gasteiger partial charge on any atom is 0.328 e. The number of hydrogen-bond acceptors (Lipinski definition) is 4. The zero-order chi connectivity index (χ0) is 12.2. The first-order valence-corrected chi connectivity index (χ1v) is 6.60. The minimum atomic E-state index is -2.93. The number of nitrogens with one attached hydrogen (secondary N) is 1. The minimum absolute atomic E-state index is 0.0628. The Kier molecular flexibility index (Phi) is 4.05. The van der Waals surface area contributed by atoms with Crippen molar-refractivity contribution in [3.05, 3.63) is 12.2 Å². The molecule has 0 saturated carbocycles. The van der Waals surface area contributed by atoms with Crippen LogP contribution in [0.15, 0.2) is 12.2 Å². The SMILES string of the molecule is O=C(O)/C=C/C(=O)NCC1CCS(=O)(=O)C1. The Bertz CT molecular complexity index is 412. The van der Waals surface area contributed by atoms with E-state index in [9.17, 15) is 18.0 Å². The van der Waals surface area contributed by atoms with E-state index in [1.165, 1.54) is 0 Å². The molecule has 1 rings (SSSR count). The maximum atomic E-state index is 11.1. The van der Waals surface area contributed by atoms with Crippen LogP contribution in [-0.4, -0.2) is 43.5 Å². The first kappa shape index (κ1) is 12.7. The zero-order valence-electron chi connectivity index (χ0n) is 8.55. The molecule has 1 unspecified atom stereocenters. The molecule has 7 heteroatoms. The van der Waals surface area contributed by atoms with Crippen molar-refractivity contribution in [3.8, 4) is 0 Å². The Morgan fingerprint density at radius 1 is 1.38 bits per heavy atom. The Balaban J connectivity index is 2.31. The maximum absolute atomic E-state index is 11.1. The van der Waals surface area contributed by atoms with Crippen molar-refractivity contribution in [3.63, 3.8) is 0 Å². The van der Waals surface area contributed by atoms with Crippen LogP contribution in [0.4, 0.5) is 0 Å². The molecule has 0 bridgehead atoms. The molecule has 16 heavy (non-hydrogen) atoms. The second kappa shape index (κ2) is 5.11. The van der Waals surface area contributed by atoms with Crippen molar-refractivity contribution in [2.75, 3.05) is 18.1 Å². The Morgan fingerprint density at radius 3 is 2.56 bits per heavy atom. The van der Waals surface area contributed by atoms with Gasteiger partial charge in [0, 0.05) is 18.7 Å². The number of carboxylic acid groups (broad SMARTS) is 1. The average Bonchev–Trinajstić information content (AvgIpc) is 2.52. The monoisotopic (exact) mass is 247 g/mol. The van der Waals surface area contributed by atoms with Crippen LogP contribution in [-0.2, 0) is 19.4 Å². The van der Waals surface area contributed by atoms with Gasteiger partial charge in [-0.1, -0.05) is 0 Å². The third-order valence-electron chi connectivity index (χ3n) is 2.27. The third-order valence-corrected chi connectivity index (χ3v) is 4.11. The van der Waals surface area contributed by atoms with Crippen LogP contribution in [0.3, 0.4) is 0 Å². The van der Waals surface area contributed by atoms with E-state index in [4.69, 9.17) is 5.11 Å². The Morgan fingerprint density at radius 2 is 2.06 bits per heavy atom. The fourth-order valence-corrected chi connectivity index (χ4v) is 3.35. The largest absolute Gasteiger partial charge is 0.478 e. The summed E-state index contributed by atoms with van der Waals surface area (Å²) in [6, 6.07) is 0. The zero-order valence-corrected chi connectivity index (χ0v) is 9.37.